The zero-order valence-corrected chi connectivity index (χ0v) is 20.5. The summed E-state index contributed by atoms with van der Waals surface area (Å²) in [4.78, 5) is 40.3. The van der Waals surface area contributed by atoms with Gasteiger partial charge in [0.05, 0.1) is 18.4 Å². The van der Waals surface area contributed by atoms with Crippen LogP contribution in [0.5, 0.6) is 0 Å². The summed E-state index contributed by atoms with van der Waals surface area (Å²) in [7, 11) is 0. The predicted octanol–water partition coefficient (Wildman–Crippen LogP) is 5.38. The number of hydrogen-bond acceptors (Lipinski definition) is 6. The van der Waals surface area contributed by atoms with Crippen molar-refractivity contribution in [3.8, 4) is 0 Å². The number of amides is 2. The van der Waals surface area contributed by atoms with E-state index in [4.69, 9.17) is 9.47 Å². The number of benzene rings is 2. The van der Waals surface area contributed by atoms with Crippen molar-refractivity contribution in [3.63, 3.8) is 0 Å². The van der Waals surface area contributed by atoms with Gasteiger partial charge < -0.3 is 9.47 Å². The number of thiophene rings is 1. The Hall–Kier alpha value is -3.19. The molecule has 0 unspecified atom stereocenters. The standard InChI is InChI=1S/C27H29NO5S/c1-27(2,3)33-24(29)15-19(14-20-17-34-23-12-8-7-11-22(20)23)25(30)28-21(16-32-26(28)31)13-18-9-5-4-6-10-18/h4-12,17,19,21H,13-16H2,1-3H3/t19-,21+/m0/s1. The molecule has 0 saturated carbocycles. The van der Waals surface area contributed by atoms with Crippen molar-refractivity contribution in [3.05, 3.63) is 71.1 Å². The molecule has 0 spiro atoms. The van der Waals surface area contributed by atoms with Crippen molar-refractivity contribution in [2.45, 2.75) is 51.7 Å². The van der Waals surface area contributed by atoms with E-state index in [0.717, 1.165) is 21.2 Å². The zero-order valence-electron chi connectivity index (χ0n) is 19.7. The molecule has 2 amide bonds. The van der Waals surface area contributed by atoms with Gasteiger partial charge in [-0.1, -0.05) is 48.5 Å². The molecule has 2 aromatic carbocycles. The lowest BCUT2D eigenvalue weighted by molar-refractivity contribution is -0.158. The molecule has 0 radical (unpaired) electrons. The molecule has 1 aromatic heterocycles. The van der Waals surface area contributed by atoms with E-state index in [9.17, 15) is 14.4 Å². The normalized spacial score (nSPS) is 17.0. The first kappa shape index (κ1) is 24.0. The van der Waals surface area contributed by atoms with E-state index < -0.39 is 35.5 Å². The number of cyclic esters (lactones) is 1. The van der Waals surface area contributed by atoms with Gasteiger partial charge in [-0.05, 0) is 61.6 Å². The number of carbonyl (C=O) groups is 3. The fraction of sp³-hybridized carbons (Fsp3) is 0.370. The highest BCUT2D eigenvalue weighted by Crippen LogP contribution is 2.30. The first-order valence-electron chi connectivity index (χ1n) is 11.4. The number of ether oxygens (including phenoxy) is 2. The summed E-state index contributed by atoms with van der Waals surface area (Å²) in [6, 6.07) is 17.2. The number of carbonyl (C=O) groups excluding carboxylic acids is 3. The van der Waals surface area contributed by atoms with E-state index in [2.05, 4.69) is 0 Å². The molecule has 1 aliphatic rings. The number of nitrogens with zero attached hydrogens (tertiary/aromatic N) is 1. The van der Waals surface area contributed by atoms with Crippen molar-refractivity contribution < 1.29 is 23.9 Å². The van der Waals surface area contributed by atoms with Crippen LogP contribution in [-0.4, -0.2) is 41.1 Å². The van der Waals surface area contributed by atoms with E-state index in [-0.39, 0.29) is 13.0 Å². The number of esters is 1. The molecule has 178 valence electrons. The maximum atomic E-state index is 13.7. The molecule has 1 fully saturated rings. The first-order valence-corrected chi connectivity index (χ1v) is 12.3. The van der Waals surface area contributed by atoms with E-state index in [1.54, 1.807) is 32.1 Å². The Labute approximate surface area is 203 Å². The third-order valence-corrected chi connectivity index (χ3v) is 6.73. The Morgan fingerprint density at radius 1 is 1.12 bits per heavy atom. The molecule has 0 N–H and O–H groups in total. The van der Waals surface area contributed by atoms with Crippen LogP contribution >= 0.6 is 11.3 Å². The van der Waals surface area contributed by atoms with Gasteiger partial charge in [-0.25, -0.2) is 9.69 Å². The topological polar surface area (TPSA) is 72.9 Å². The zero-order chi connectivity index (χ0) is 24.3. The van der Waals surface area contributed by atoms with Crippen molar-refractivity contribution in [2.24, 2.45) is 5.92 Å². The van der Waals surface area contributed by atoms with Crippen LogP contribution in [0, 0.1) is 5.92 Å². The van der Waals surface area contributed by atoms with E-state index in [1.807, 2.05) is 60.0 Å². The molecule has 1 aliphatic heterocycles. The summed E-state index contributed by atoms with van der Waals surface area (Å²) < 4.78 is 11.9. The van der Waals surface area contributed by atoms with Crippen LogP contribution < -0.4 is 0 Å². The second kappa shape index (κ2) is 9.97. The van der Waals surface area contributed by atoms with Crippen LogP contribution in [-0.2, 0) is 31.9 Å². The minimum atomic E-state index is -0.739. The number of rotatable bonds is 7. The lowest BCUT2D eigenvalue weighted by Crippen LogP contribution is -2.45. The minimum absolute atomic E-state index is 0.109. The number of imide groups is 1. The molecule has 0 aliphatic carbocycles. The summed E-state index contributed by atoms with van der Waals surface area (Å²) in [6.07, 6.45) is 0.0700. The average molecular weight is 480 g/mol. The highest BCUT2D eigenvalue weighted by molar-refractivity contribution is 7.17. The Morgan fingerprint density at radius 2 is 1.82 bits per heavy atom. The minimum Gasteiger partial charge on any atom is -0.460 e. The summed E-state index contributed by atoms with van der Waals surface area (Å²) in [5.74, 6) is -1.60. The third-order valence-electron chi connectivity index (χ3n) is 5.72. The molecule has 2 heterocycles. The summed E-state index contributed by atoms with van der Waals surface area (Å²) >= 11 is 1.60. The lowest BCUT2D eigenvalue weighted by Gasteiger charge is -2.26. The van der Waals surface area contributed by atoms with Gasteiger partial charge in [0.2, 0.25) is 5.91 Å². The van der Waals surface area contributed by atoms with Crippen LogP contribution in [0.1, 0.15) is 38.3 Å². The highest BCUT2D eigenvalue weighted by atomic mass is 32.1. The van der Waals surface area contributed by atoms with Gasteiger partial charge in [0.25, 0.3) is 0 Å². The van der Waals surface area contributed by atoms with Crippen LogP contribution in [0.4, 0.5) is 4.79 Å². The molecule has 2 atom stereocenters. The average Bonchev–Trinajstić information content (AvgIpc) is 3.35. The van der Waals surface area contributed by atoms with Gasteiger partial charge in [0.15, 0.2) is 0 Å². The molecule has 0 bridgehead atoms. The molecule has 1 saturated heterocycles. The van der Waals surface area contributed by atoms with Gasteiger partial charge in [0.1, 0.15) is 12.2 Å². The van der Waals surface area contributed by atoms with Crippen molar-refractivity contribution in [2.75, 3.05) is 6.61 Å². The fourth-order valence-corrected chi connectivity index (χ4v) is 5.23. The predicted molar refractivity (Wildman–Crippen MR) is 132 cm³/mol. The molecule has 6 nitrogen and oxygen atoms in total. The fourth-order valence-electron chi connectivity index (χ4n) is 4.25. The third kappa shape index (κ3) is 5.65. The Bertz CT molecular complexity index is 1180. The highest BCUT2D eigenvalue weighted by Gasteiger charge is 2.41. The Balaban J connectivity index is 1.60. The van der Waals surface area contributed by atoms with Crippen LogP contribution in [0.3, 0.4) is 0 Å². The second-order valence-corrected chi connectivity index (χ2v) is 10.5. The van der Waals surface area contributed by atoms with E-state index >= 15 is 0 Å². The van der Waals surface area contributed by atoms with Crippen LogP contribution in [0.2, 0.25) is 0 Å². The summed E-state index contributed by atoms with van der Waals surface area (Å²) in [6.45, 7) is 5.52. The monoisotopic (exact) mass is 479 g/mol. The molecule has 4 rings (SSSR count). The first-order chi connectivity index (χ1) is 16.2. The maximum Gasteiger partial charge on any atom is 0.416 e. The Morgan fingerprint density at radius 3 is 2.56 bits per heavy atom. The smallest absolute Gasteiger partial charge is 0.416 e. The van der Waals surface area contributed by atoms with Gasteiger partial charge >= 0.3 is 12.1 Å². The summed E-state index contributed by atoms with van der Waals surface area (Å²) in [5.41, 5.74) is 1.33. The van der Waals surface area contributed by atoms with E-state index in [1.165, 1.54) is 4.90 Å². The molecular weight excluding hydrogens is 450 g/mol. The van der Waals surface area contributed by atoms with E-state index in [0.29, 0.717) is 12.8 Å². The number of fused-ring (bicyclic) bond motifs is 1. The van der Waals surface area contributed by atoms with Crippen LogP contribution in [0.15, 0.2) is 60.0 Å². The van der Waals surface area contributed by atoms with Gasteiger partial charge in [-0.3, -0.25) is 9.59 Å². The molecule has 34 heavy (non-hydrogen) atoms. The van der Waals surface area contributed by atoms with Crippen molar-refractivity contribution in [1.29, 1.82) is 0 Å². The van der Waals surface area contributed by atoms with Gasteiger partial charge in [-0.15, -0.1) is 11.3 Å². The van der Waals surface area contributed by atoms with Crippen molar-refractivity contribution in [1.82, 2.24) is 4.90 Å². The maximum absolute atomic E-state index is 13.7. The van der Waals surface area contributed by atoms with Crippen molar-refractivity contribution >= 4 is 39.4 Å². The SMILES string of the molecule is CC(C)(C)OC(=O)C[C@H](Cc1csc2ccccc12)C(=O)N1C(=O)OC[C@H]1Cc1ccccc1. The quantitative estimate of drug-likeness (QED) is 0.425. The van der Waals surface area contributed by atoms with Crippen LogP contribution in [0.25, 0.3) is 10.1 Å². The lowest BCUT2D eigenvalue weighted by atomic mass is 9.93. The molecular formula is C27H29NO5S. The summed E-state index contributed by atoms with van der Waals surface area (Å²) in [5, 5.41) is 3.07. The largest absolute Gasteiger partial charge is 0.460 e. The second-order valence-electron chi connectivity index (χ2n) is 9.58. The van der Waals surface area contributed by atoms with Gasteiger partial charge in [0, 0.05) is 4.70 Å². The molecule has 7 heteroatoms. The number of hydrogen-bond donors (Lipinski definition) is 0. The van der Waals surface area contributed by atoms with Gasteiger partial charge in [-0.2, -0.15) is 0 Å². The Kier molecular flexibility index (Phi) is 7.03. The molecule has 3 aromatic rings.